The molecule has 1 aromatic carbocycles. The number of ether oxygens (including phenoxy) is 1. The van der Waals surface area contributed by atoms with Crippen LogP contribution in [-0.2, 0) is 13.2 Å². The monoisotopic (exact) mass is 337 g/mol. The maximum atomic E-state index is 5.80. The number of rotatable bonds is 6. The first kappa shape index (κ1) is 14.3. The second-order valence-electron chi connectivity index (χ2n) is 4.17. The van der Waals surface area contributed by atoms with Gasteiger partial charge in [0.2, 0.25) is 0 Å². The zero-order valence-electron chi connectivity index (χ0n) is 11.0. The third kappa shape index (κ3) is 4.17. The van der Waals surface area contributed by atoms with Crippen LogP contribution in [-0.4, -0.2) is 9.97 Å². The van der Waals surface area contributed by atoms with E-state index < -0.39 is 0 Å². The van der Waals surface area contributed by atoms with Gasteiger partial charge in [0.1, 0.15) is 17.4 Å². The predicted octanol–water partition coefficient (Wildman–Crippen LogP) is 4.44. The van der Waals surface area contributed by atoms with Crippen molar-refractivity contribution in [1.29, 1.82) is 0 Å². The van der Waals surface area contributed by atoms with Gasteiger partial charge in [-0.2, -0.15) is 0 Å². The fourth-order valence-corrected chi connectivity index (χ4v) is 3.14. The summed E-state index contributed by atoms with van der Waals surface area (Å²) < 4.78 is 6.23. The molecular formula is C14H12ClN3OS2. The summed E-state index contributed by atoms with van der Waals surface area (Å²) in [6, 6.07) is 7.85. The van der Waals surface area contributed by atoms with Crippen molar-refractivity contribution in [2.45, 2.75) is 13.2 Å². The molecule has 0 spiro atoms. The Hall–Kier alpha value is -1.63. The molecule has 0 fully saturated rings. The van der Waals surface area contributed by atoms with E-state index in [9.17, 15) is 0 Å². The summed E-state index contributed by atoms with van der Waals surface area (Å²) in [7, 11) is 0. The first-order chi connectivity index (χ1) is 10.3. The van der Waals surface area contributed by atoms with Crippen LogP contribution in [0, 0.1) is 0 Å². The fourth-order valence-electron chi connectivity index (χ4n) is 1.69. The van der Waals surface area contributed by atoms with E-state index in [4.69, 9.17) is 16.3 Å². The summed E-state index contributed by atoms with van der Waals surface area (Å²) in [5.41, 5.74) is 1.03. The lowest BCUT2D eigenvalue weighted by molar-refractivity contribution is 0.305. The smallest absolute Gasteiger partial charge is 0.183 e. The summed E-state index contributed by atoms with van der Waals surface area (Å²) in [6.45, 7) is 1.22. The molecule has 0 saturated heterocycles. The van der Waals surface area contributed by atoms with Crippen molar-refractivity contribution >= 4 is 40.0 Å². The molecule has 2 heterocycles. The van der Waals surface area contributed by atoms with E-state index in [1.807, 2.05) is 29.6 Å². The molecule has 0 aliphatic rings. The Bertz CT molecular complexity index is 683. The Morgan fingerprint density at radius 1 is 1.19 bits per heavy atom. The van der Waals surface area contributed by atoms with Crippen LogP contribution in [0.5, 0.6) is 5.75 Å². The van der Waals surface area contributed by atoms with Crippen LogP contribution < -0.4 is 10.1 Å². The van der Waals surface area contributed by atoms with Crippen molar-refractivity contribution in [2.24, 2.45) is 0 Å². The lowest BCUT2D eigenvalue weighted by Crippen LogP contribution is -1.98. The average Bonchev–Trinajstić information content (AvgIpc) is 3.15. The predicted molar refractivity (Wildman–Crippen MR) is 87.3 cm³/mol. The Balaban J connectivity index is 1.51. The molecule has 0 bridgehead atoms. The standard InChI is InChI=1S/C14H12ClN3OS2/c15-14-18-8-12(21-14)7-17-10-1-3-11(4-2-10)19-9-13-16-5-6-20-13/h1-6,8,17H,7,9H2. The Labute approximate surface area is 135 Å². The molecule has 0 atom stereocenters. The molecule has 0 aliphatic heterocycles. The van der Waals surface area contributed by atoms with E-state index in [2.05, 4.69) is 15.3 Å². The topological polar surface area (TPSA) is 47.0 Å². The third-order valence-corrected chi connectivity index (χ3v) is 4.56. The molecular weight excluding hydrogens is 326 g/mol. The molecule has 108 valence electrons. The number of hydrogen-bond acceptors (Lipinski definition) is 6. The molecule has 1 N–H and O–H groups in total. The highest BCUT2D eigenvalue weighted by molar-refractivity contribution is 7.15. The van der Waals surface area contributed by atoms with Crippen LogP contribution in [0.3, 0.4) is 0 Å². The molecule has 0 unspecified atom stereocenters. The molecule has 2 aromatic heterocycles. The molecule has 4 nitrogen and oxygen atoms in total. The van der Waals surface area contributed by atoms with Crippen LogP contribution in [0.2, 0.25) is 4.47 Å². The van der Waals surface area contributed by atoms with Crippen molar-refractivity contribution in [1.82, 2.24) is 9.97 Å². The number of halogens is 1. The summed E-state index contributed by atoms with van der Waals surface area (Å²) in [5.74, 6) is 0.830. The van der Waals surface area contributed by atoms with Gasteiger partial charge < -0.3 is 10.1 Å². The zero-order valence-corrected chi connectivity index (χ0v) is 13.3. The first-order valence-corrected chi connectivity index (χ1v) is 8.32. The first-order valence-electron chi connectivity index (χ1n) is 6.25. The van der Waals surface area contributed by atoms with Crippen LogP contribution >= 0.6 is 34.3 Å². The Morgan fingerprint density at radius 3 is 2.71 bits per heavy atom. The summed E-state index contributed by atoms with van der Waals surface area (Å²) >= 11 is 8.87. The van der Waals surface area contributed by atoms with Gasteiger partial charge in [-0.15, -0.1) is 22.7 Å². The summed E-state index contributed by atoms with van der Waals surface area (Å²) in [4.78, 5) is 9.29. The van der Waals surface area contributed by atoms with Gasteiger partial charge in [-0.3, -0.25) is 0 Å². The molecule has 0 radical (unpaired) electrons. The minimum absolute atomic E-state index is 0.504. The van der Waals surface area contributed by atoms with Gasteiger partial charge in [-0.25, -0.2) is 9.97 Å². The number of benzene rings is 1. The van der Waals surface area contributed by atoms with Crippen molar-refractivity contribution in [3.05, 3.63) is 56.4 Å². The number of nitrogens with zero attached hydrogens (tertiary/aromatic N) is 2. The van der Waals surface area contributed by atoms with E-state index in [1.165, 1.54) is 11.3 Å². The summed E-state index contributed by atoms with van der Waals surface area (Å²) in [6.07, 6.45) is 3.56. The Kier molecular flexibility index (Phi) is 4.69. The number of aromatic nitrogens is 2. The molecule has 21 heavy (non-hydrogen) atoms. The molecule has 3 aromatic rings. The number of thiazole rings is 2. The van der Waals surface area contributed by atoms with E-state index in [-0.39, 0.29) is 0 Å². The number of anilines is 1. The van der Waals surface area contributed by atoms with Gasteiger partial charge in [-0.1, -0.05) is 11.6 Å². The Morgan fingerprint density at radius 2 is 2.05 bits per heavy atom. The van der Waals surface area contributed by atoms with Crippen LogP contribution in [0.25, 0.3) is 0 Å². The van der Waals surface area contributed by atoms with Crippen molar-refractivity contribution in [2.75, 3.05) is 5.32 Å². The normalized spacial score (nSPS) is 10.5. The minimum Gasteiger partial charge on any atom is -0.486 e. The number of hydrogen-bond donors (Lipinski definition) is 1. The highest BCUT2D eigenvalue weighted by Crippen LogP contribution is 2.21. The molecule has 7 heteroatoms. The quantitative estimate of drug-likeness (QED) is 0.722. The van der Waals surface area contributed by atoms with Gasteiger partial charge in [0.25, 0.3) is 0 Å². The van der Waals surface area contributed by atoms with Crippen LogP contribution in [0.4, 0.5) is 5.69 Å². The highest BCUT2D eigenvalue weighted by atomic mass is 35.5. The van der Waals surface area contributed by atoms with Gasteiger partial charge >= 0.3 is 0 Å². The lowest BCUT2D eigenvalue weighted by atomic mass is 10.3. The largest absolute Gasteiger partial charge is 0.486 e. The van der Waals surface area contributed by atoms with E-state index in [1.54, 1.807) is 23.7 Å². The minimum atomic E-state index is 0.504. The second-order valence-corrected chi connectivity index (χ2v) is 6.85. The van der Waals surface area contributed by atoms with E-state index >= 15 is 0 Å². The maximum Gasteiger partial charge on any atom is 0.183 e. The van der Waals surface area contributed by atoms with Gasteiger partial charge in [0, 0.05) is 28.3 Å². The van der Waals surface area contributed by atoms with Crippen molar-refractivity contribution in [3.8, 4) is 5.75 Å². The molecule has 3 rings (SSSR count). The maximum absolute atomic E-state index is 5.80. The van der Waals surface area contributed by atoms with Gasteiger partial charge in [-0.05, 0) is 24.3 Å². The second kappa shape index (κ2) is 6.89. The van der Waals surface area contributed by atoms with Crippen LogP contribution in [0.1, 0.15) is 9.88 Å². The van der Waals surface area contributed by atoms with E-state index in [0.717, 1.165) is 21.3 Å². The summed E-state index contributed by atoms with van der Waals surface area (Å²) in [5, 5.41) is 6.23. The molecule has 0 amide bonds. The lowest BCUT2D eigenvalue weighted by Gasteiger charge is -2.07. The zero-order chi connectivity index (χ0) is 14.5. The van der Waals surface area contributed by atoms with Gasteiger partial charge in [0.15, 0.2) is 4.47 Å². The highest BCUT2D eigenvalue weighted by Gasteiger charge is 2.01. The molecule has 0 saturated carbocycles. The number of nitrogens with one attached hydrogen (secondary N) is 1. The van der Waals surface area contributed by atoms with Crippen molar-refractivity contribution in [3.63, 3.8) is 0 Å². The average molecular weight is 338 g/mol. The third-order valence-electron chi connectivity index (χ3n) is 2.69. The fraction of sp³-hybridized carbons (Fsp3) is 0.143. The van der Waals surface area contributed by atoms with Crippen molar-refractivity contribution < 1.29 is 4.74 Å². The van der Waals surface area contributed by atoms with E-state index in [0.29, 0.717) is 17.6 Å². The molecule has 0 aliphatic carbocycles. The van der Waals surface area contributed by atoms with Gasteiger partial charge in [0.05, 0.1) is 6.54 Å². The van der Waals surface area contributed by atoms with Crippen LogP contribution in [0.15, 0.2) is 42.0 Å². The SMILES string of the molecule is Clc1ncc(CNc2ccc(OCc3nccs3)cc2)s1.